The molecule has 4 nitrogen and oxygen atoms in total. The Morgan fingerprint density at radius 1 is 1.40 bits per heavy atom. The minimum absolute atomic E-state index is 0.396. The van der Waals surface area contributed by atoms with Gasteiger partial charge in [-0.1, -0.05) is 11.6 Å². The normalized spacial score (nSPS) is 28.2. The van der Waals surface area contributed by atoms with Crippen molar-refractivity contribution in [2.45, 2.75) is 18.9 Å². The van der Waals surface area contributed by atoms with Gasteiger partial charge >= 0.3 is 5.97 Å². The number of nitrogens with zero attached hydrogens (tertiary/aromatic N) is 1. The molecule has 0 radical (unpaired) electrons. The Labute approximate surface area is 124 Å². The number of benzene rings is 1. The fraction of sp³-hybridized carbons (Fsp3) is 0.533. The van der Waals surface area contributed by atoms with Crippen LogP contribution in [-0.2, 0) is 4.74 Å². The average Bonchev–Trinajstić information content (AvgIpc) is 2.49. The minimum atomic E-state index is -0.396. The number of hydrogen-bond acceptors (Lipinski definition) is 4. The predicted octanol–water partition coefficient (Wildman–Crippen LogP) is 2.63. The van der Waals surface area contributed by atoms with E-state index in [0.29, 0.717) is 16.6 Å². The molecule has 0 spiro atoms. The Kier molecular flexibility index (Phi) is 3.85. The van der Waals surface area contributed by atoms with Crippen LogP contribution in [0.3, 0.4) is 0 Å². The molecule has 1 atom stereocenters. The van der Waals surface area contributed by atoms with E-state index < -0.39 is 5.97 Å². The van der Waals surface area contributed by atoms with E-state index in [0.717, 1.165) is 18.2 Å². The summed E-state index contributed by atoms with van der Waals surface area (Å²) >= 11 is 6.04. The zero-order valence-electron chi connectivity index (χ0n) is 11.6. The summed E-state index contributed by atoms with van der Waals surface area (Å²) in [4.78, 5) is 14.2. The lowest BCUT2D eigenvalue weighted by Gasteiger charge is -2.45. The van der Waals surface area contributed by atoms with Crippen LogP contribution in [0.25, 0.3) is 0 Å². The van der Waals surface area contributed by atoms with E-state index in [1.165, 1.54) is 33.0 Å². The molecule has 0 aliphatic carbocycles. The number of nitrogens with one attached hydrogen (secondary N) is 1. The van der Waals surface area contributed by atoms with E-state index in [9.17, 15) is 4.79 Å². The quantitative estimate of drug-likeness (QED) is 0.870. The first kappa shape index (κ1) is 13.7. The molecule has 1 unspecified atom stereocenters. The molecular weight excluding hydrogens is 276 g/mol. The van der Waals surface area contributed by atoms with Crippen LogP contribution in [-0.4, -0.2) is 43.7 Å². The van der Waals surface area contributed by atoms with Gasteiger partial charge in [0.05, 0.1) is 17.7 Å². The summed E-state index contributed by atoms with van der Waals surface area (Å²) < 4.78 is 4.75. The number of halogens is 1. The SMILES string of the molecule is COC(=O)c1cc(NC2CN3CCC2CC3)ccc1Cl. The lowest BCUT2D eigenvalue weighted by atomic mass is 9.84. The van der Waals surface area contributed by atoms with Gasteiger partial charge in [-0.25, -0.2) is 4.79 Å². The van der Waals surface area contributed by atoms with Crippen molar-refractivity contribution < 1.29 is 9.53 Å². The van der Waals surface area contributed by atoms with E-state index in [4.69, 9.17) is 16.3 Å². The zero-order valence-corrected chi connectivity index (χ0v) is 12.3. The summed E-state index contributed by atoms with van der Waals surface area (Å²) in [6.45, 7) is 3.52. The highest BCUT2D eigenvalue weighted by Crippen LogP contribution is 2.30. The number of rotatable bonds is 3. The maximum Gasteiger partial charge on any atom is 0.339 e. The summed E-state index contributed by atoms with van der Waals surface area (Å²) in [6, 6.07) is 5.92. The van der Waals surface area contributed by atoms with Crippen molar-refractivity contribution in [1.29, 1.82) is 0 Å². The van der Waals surface area contributed by atoms with Crippen molar-refractivity contribution in [2.24, 2.45) is 5.92 Å². The van der Waals surface area contributed by atoms with Crippen LogP contribution in [0.15, 0.2) is 18.2 Å². The number of fused-ring (bicyclic) bond motifs is 3. The van der Waals surface area contributed by atoms with Gasteiger partial charge in [-0.15, -0.1) is 0 Å². The predicted molar refractivity (Wildman–Crippen MR) is 79.4 cm³/mol. The third-order valence-corrected chi connectivity index (χ3v) is 4.71. The summed E-state index contributed by atoms with van der Waals surface area (Å²) in [5.74, 6) is 0.338. The first-order valence-electron chi connectivity index (χ1n) is 7.04. The lowest BCUT2D eigenvalue weighted by molar-refractivity contribution is 0.0601. The second kappa shape index (κ2) is 5.62. The van der Waals surface area contributed by atoms with Gasteiger partial charge in [0.15, 0.2) is 0 Å². The molecule has 3 aliphatic rings. The molecule has 1 aromatic carbocycles. The van der Waals surface area contributed by atoms with Gasteiger partial charge in [0, 0.05) is 18.3 Å². The molecule has 4 rings (SSSR count). The molecule has 3 aliphatic heterocycles. The number of anilines is 1. The van der Waals surface area contributed by atoms with E-state index in [2.05, 4.69) is 10.2 Å². The summed E-state index contributed by atoms with van der Waals surface area (Å²) in [6.07, 6.45) is 2.52. The van der Waals surface area contributed by atoms with Crippen LogP contribution in [0.5, 0.6) is 0 Å². The second-order valence-electron chi connectivity index (χ2n) is 5.58. The van der Waals surface area contributed by atoms with Gasteiger partial charge in [0.25, 0.3) is 0 Å². The summed E-state index contributed by atoms with van der Waals surface area (Å²) in [5, 5.41) is 3.98. The van der Waals surface area contributed by atoms with Crippen molar-refractivity contribution in [3.05, 3.63) is 28.8 Å². The Morgan fingerprint density at radius 2 is 2.15 bits per heavy atom. The Morgan fingerprint density at radius 3 is 2.75 bits per heavy atom. The summed E-state index contributed by atoms with van der Waals surface area (Å²) in [7, 11) is 1.37. The second-order valence-corrected chi connectivity index (χ2v) is 5.98. The zero-order chi connectivity index (χ0) is 14.1. The smallest absolute Gasteiger partial charge is 0.339 e. The standard InChI is InChI=1S/C15H19ClN2O2/c1-20-15(19)12-8-11(2-3-13(12)16)17-14-9-18-6-4-10(14)5-7-18/h2-3,8,10,14,17H,4-7,9H2,1H3. The van der Waals surface area contributed by atoms with Crippen LogP contribution in [0.4, 0.5) is 5.69 Å². The molecule has 0 saturated carbocycles. The van der Waals surface area contributed by atoms with Gasteiger partial charge in [-0.3, -0.25) is 0 Å². The molecular formula is C15H19ClN2O2. The van der Waals surface area contributed by atoms with Gasteiger partial charge in [-0.05, 0) is 50.0 Å². The molecule has 108 valence electrons. The van der Waals surface area contributed by atoms with Gasteiger partial charge in [0.2, 0.25) is 0 Å². The average molecular weight is 295 g/mol. The first-order valence-corrected chi connectivity index (χ1v) is 7.42. The molecule has 0 aromatic heterocycles. The lowest BCUT2D eigenvalue weighted by Crippen LogP contribution is -2.53. The van der Waals surface area contributed by atoms with Crippen molar-refractivity contribution in [3.63, 3.8) is 0 Å². The third kappa shape index (κ3) is 2.63. The minimum Gasteiger partial charge on any atom is -0.465 e. The number of carbonyl (C=O) groups is 1. The highest BCUT2D eigenvalue weighted by molar-refractivity contribution is 6.33. The van der Waals surface area contributed by atoms with Crippen LogP contribution in [0, 0.1) is 5.92 Å². The van der Waals surface area contributed by atoms with Gasteiger partial charge < -0.3 is 15.0 Å². The van der Waals surface area contributed by atoms with Crippen molar-refractivity contribution >= 4 is 23.3 Å². The van der Waals surface area contributed by atoms with Crippen molar-refractivity contribution in [3.8, 4) is 0 Å². The molecule has 20 heavy (non-hydrogen) atoms. The molecule has 1 aromatic rings. The monoisotopic (exact) mass is 294 g/mol. The number of hydrogen-bond donors (Lipinski definition) is 1. The number of ether oxygens (including phenoxy) is 1. The molecule has 0 amide bonds. The largest absolute Gasteiger partial charge is 0.465 e. The van der Waals surface area contributed by atoms with Crippen molar-refractivity contribution in [1.82, 2.24) is 4.90 Å². The van der Waals surface area contributed by atoms with Crippen LogP contribution in [0.1, 0.15) is 23.2 Å². The number of esters is 1. The van der Waals surface area contributed by atoms with Gasteiger partial charge in [0.1, 0.15) is 0 Å². The molecule has 5 heteroatoms. The fourth-order valence-electron chi connectivity index (χ4n) is 3.22. The summed E-state index contributed by atoms with van der Waals surface area (Å²) in [5.41, 5.74) is 1.36. The van der Waals surface area contributed by atoms with Crippen LogP contribution >= 0.6 is 11.6 Å². The van der Waals surface area contributed by atoms with Crippen LogP contribution < -0.4 is 5.32 Å². The molecule has 1 N–H and O–H groups in total. The number of methoxy groups -OCH3 is 1. The highest BCUT2D eigenvalue weighted by Gasteiger charge is 2.33. The van der Waals surface area contributed by atoms with Crippen LogP contribution in [0.2, 0.25) is 5.02 Å². The molecule has 3 fully saturated rings. The van der Waals surface area contributed by atoms with E-state index in [1.54, 1.807) is 12.1 Å². The van der Waals surface area contributed by atoms with E-state index in [1.807, 2.05) is 6.07 Å². The fourth-order valence-corrected chi connectivity index (χ4v) is 3.42. The molecule has 3 heterocycles. The number of carbonyl (C=O) groups excluding carboxylic acids is 1. The van der Waals surface area contributed by atoms with E-state index >= 15 is 0 Å². The van der Waals surface area contributed by atoms with Gasteiger partial charge in [-0.2, -0.15) is 0 Å². The van der Waals surface area contributed by atoms with E-state index in [-0.39, 0.29) is 0 Å². The Bertz CT molecular complexity index is 513. The maximum absolute atomic E-state index is 11.7. The Balaban J connectivity index is 1.76. The van der Waals surface area contributed by atoms with Crippen molar-refractivity contribution in [2.75, 3.05) is 32.1 Å². The molecule has 3 saturated heterocycles. The maximum atomic E-state index is 11.7. The Hall–Kier alpha value is -1.26. The molecule has 2 bridgehead atoms. The third-order valence-electron chi connectivity index (χ3n) is 4.38. The highest BCUT2D eigenvalue weighted by atomic mass is 35.5. The first-order chi connectivity index (χ1) is 9.67. The topological polar surface area (TPSA) is 41.6 Å². The number of piperidine rings is 3.